The number of halogens is 1. The summed E-state index contributed by atoms with van der Waals surface area (Å²) in [6.07, 6.45) is 0. The zero-order valence-electron chi connectivity index (χ0n) is 9.16. The van der Waals surface area contributed by atoms with Crippen molar-refractivity contribution in [2.75, 3.05) is 20.7 Å². The fraction of sp³-hybridized carbons (Fsp3) is 0.250. The van der Waals surface area contributed by atoms with Gasteiger partial charge in [-0.2, -0.15) is 0 Å². The van der Waals surface area contributed by atoms with Gasteiger partial charge in [0.25, 0.3) is 0 Å². The summed E-state index contributed by atoms with van der Waals surface area (Å²) < 4.78 is 6.05. The highest BCUT2D eigenvalue weighted by Crippen LogP contribution is 2.28. The van der Waals surface area contributed by atoms with Crippen LogP contribution in [0.4, 0.5) is 0 Å². The van der Waals surface area contributed by atoms with Crippen LogP contribution in [0.15, 0.2) is 34.4 Å². The van der Waals surface area contributed by atoms with E-state index >= 15 is 0 Å². The SMILES string of the molecule is CN(C)C1=C(c2ccc(Br)cc2)C(=O)OC1. The smallest absolute Gasteiger partial charge is 0.341 e. The summed E-state index contributed by atoms with van der Waals surface area (Å²) in [7, 11) is 3.83. The predicted molar refractivity (Wildman–Crippen MR) is 65.7 cm³/mol. The van der Waals surface area contributed by atoms with Crippen LogP contribution in [0.2, 0.25) is 0 Å². The van der Waals surface area contributed by atoms with Crippen LogP contribution < -0.4 is 0 Å². The van der Waals surface area contributed by atoms with E-state index in [4.69, 9.17) is 4.74 Å². The molecular weight excluding hydrogens is 270 g/mol. The zero-order valence-corrected chi connectivity index (χ0v) is 10.7. The molecule has 16 heavy (non-hydrogen) atoms. The Balaban J connectivity index is 2.48. The van der Waals surface area contributed by atoms with Gasteiger partial charge in [-0.3, -0.25) is 0 Å². The fourth-order valence-corrected chi connectivity index (χ4v) is 1.91. The second kappa shape index (κ2) is 4.29. The average molecular weight is 282 g/mol. The highest BCUT2D eigenvalue weighted by molar-refractivity contribution is 9.10. The first-order valence-corrected chi connectivity index (χ1v) is 5.72. The Morgan fingerprint density at radius 3 is 2.44 bits per heavy atom. The third-order valence-electron chi connectivity index (χ3n) is 2.51. The summed E-state index contributed by atoms with van der Waals surface area (Å²) in [6, 6.07) is 7.66. The number of esters is 1. The van der Waals surface area contributed by atoms with Gasteiger partial charge in [0, 0.05) is 18.6 Å². The minimum Gasteiger partial charge on any atom is -0.456 e. The maximum absolute atomic E-state index is 11.7. The summed E-state index contributed by atoms with van der Waals surface area (Å²) in [5.74, 6) is -0.244. The molecule has 0 amide bonds. The molecule has 0 aliphatic carbocycles. The quantitative estimate of drug-likeness (QED) is 0.779. The van der Waals surface area contributed by atoms with E-state index in [0.29, 0.717) is 12.2 Å². The van der Waals surface area contributed by atoms with Crippen LogP contribution >= 0.6 is 15.9 Å². The minimum absolute atomic E-state index is 0.244. The molecule has 0 radical (unpaired) electrons. The van der Waals surface area contributed by atoms with Crippen molar-refractivity contribution in [2.24, 2.45) is 0 Å². The Hall–Kier alpha value is -1.29. The summed E-state index contributed by atoms with van der Waals surface area (Å²) in [4.78, 5) is 13.6. The van der Waals surface area contributed by atoms with Crippen LogP contribution in [0.25, 0.3) is 5.57 Å². The molecule has 0 aromatic heterocycles. The molecule has 0 saturated carbocycles. The van der Waals surface area contributed by atoms with Gasteiger partial charge in [-0.25, -0.2) is 4.79 Å². The number of carbonyl (C=O) groups is 1. The molecule has 1 heterocycles. The van der Waals surface area contributed by atoms with E-state index in [2.05, 4.69) is 15.9 Å². The van der Waals surface area contributed by atoms with Crippen molar-refractivity contribution < 1.29 is 9.53 Å². The maximum atomic E-state index is 11.7. The van der Waals surface area contributed by atoms with Crippen LogP contribution in [0, 0.1) is 0 Å². The van der Waals surface area contributed by atoms with Crippen LogP contribution in [0.5, 0.6) is 0 Å². The Morgan fingerprint density at radius 1 is 1.25 bits per heavy atom. The number of benzene rings is 1. The number of ether oxygens (including phenoxy) is 1. The van der Waals surface area contributed by atoms with Crippen molar-refractivity contribution in [1.82, 2.24) is 4.90 Å². The number of nitrogens with zero attached hydrogens (tertiary/aromatic N) is 1. The van der Waals surface area contributed by atoms with Crippen molar-refractivity contribution in [3.63, 3.8) is 0 Å². The Kier molecular flexibility index (Phi) is 3.01. The third kappa shape index (κ3) is 1.97. The average Bonchev–Trinajstić information content (AvgIpc) is 2.62. The predicted octanol–water partition coefficient (Wildman–Crippen LogP) is 2.28. The lowest BCUT2D eigenvalue weighted by atomic mass is 10.1. The van der Waals surface area contributed by atoms with Gasteiger partial charge in [0.1, 0.15) is 6.61 Å². The molecule has 84 valence electrons. The summed E-state index contributed by atoms with van der Waals surface area (Å²) in [5, 5.41) is 0. The van der Waals surface area contributed by atoms with Crippen molar-refractivity contribution in [3.8, 4) is 0 Å². The highest BCUT2D eigenvalue weighted by atomic mass is 79.9. The fourth-order valence-electron chi connectivity index (χ4n) is 1.65. The van der Waals surface area contributed by atoms with E-state index in [1.165, 1.54) is 0 Å². The van der Waals surface area contributed by atoms with Crippen LogP contribution in [0.1, 0.15) is 5.56 Å². The number of carbonyl (C=O) groups excluding carboxylic acids is 1. The standard InChI is InChI=1S/C12H12BrNO2/c1-14(2)10-7-16-12(15)11(10)8-3-5-9(13)6-4-8/h3-6H,7H2,1-2H3. The first-order chi connectivity index (χ1) is 7.59. The Bertz CT molecular complexity index is 449. The van der Waals surface area contributed by atoms with Crippen LogP contribution in [-0.4, -0.2) is 31.6 Å². The molecule has 1 aromatic rings. The molecule has 0 N–H and O–H groups in total. The molecule has 1 aromatic carbocycles. The van der Waals surface area contributed by atoms with Crippen molar-refractivity contribution >= 4 is 27.5 Å². The maximum Gasteiger partial charge on any atom is 0.341 e. The monoisotopic (exact) mass is 281 g/mol. The van der Waals surface area contributed by atoms with E-state index < -0.39 is 0 Å². The summed E-state index contributed by atoms with van der Waals surface area (Å²) >= 11 is 3.37. The summed E-state index contributed by atoms with van der Waals surface area (Å²) in [5.41, 5.74) is 2.49. The van der Waals surface area contributed by atoms with Gasteiger partial charge in [-0.05, 0) is 17.7 Å². The Morgan fingerprint density at radius 2 is 1.88 bits per heavy atom. The molecule has 2 rings (SSSR count). The van der Waals surface area contributed by atoms with E-state index in [1.54, 1.807) is 0 Å². The number of rotatable bonds is 2. The third-order valence-corrected chi connectivity index (χ3v) is 3.03. The van der Waals surface area contributed by atoms with Gasteiger partial charge in [-0.1, -0.05) is 28.1 Å². The van der Waals surface area contributed by atoms with Gasteiger partial charge in [0.2, 0.25) is 0 Å². The molecule has 1 aliphatic rings. The second-order valence-corrected chi connectivity index (χ2v) is 4.71. The first kappa shape index (κ1) is 11.2. The normalized spacial score (nSPS) is 15.3. The van der Waals surface area contributed by atoms with Crippen molar-refractivity contribution in [3.05, 3.63) is 40.0 Å². The lowest BCUT2D eigenvalue weighted by Gasteiger charge is -2.13. The molecule has 0 bridgehead atoms. The van der Waals surface area contributed by atoms with E-state index in [0.717, 1.165) is 15.7 Å². The summed E-state index contributed by atoms with van der Waals surface area (Å²) in [6.45, 7) is 0.358. The lowest BCUT2D eigenvalue weighted by molar-refractivity contribution is -0.134. The number of hydrogen-bond donors (Lipinski definition) is 0. The first-order valence-electron chi connectivity index (χ1n) is 4.93. The molecule has 4 heteroatoms. The molecular formula is C12H12BrNO2. The topological polar surface area (TPSA) is 29.5 Å². The van der Waals surface area contributed by atoms with E-state index in [1.807, 2.05) is 43.3 Å². The molecule has 0 spiro atoms. The van der Waals surface area contributed by atoms with E-state index in [-0.39, 0.29) is 5.97 Å². The van der Waals surface area contributed by atoms with Crippen LogP contribution in [0.3, 0.4) is 0 Å². The van der Waals surface area contributed by atoms with Gasteiger partial charge in [-0.15, -0.1) is 0 Å². The Labute approximate surface area is 103 Å². The zero-order chi connectivity index (χ0) is 11.7. The second-order valence-electron chi connectivity index (χ2n) is 3.80. The largest absolute Gasteiger partial charge is 0.456 e. The van der Waals surface area contributed by atoms with Gasteiger partial charge in [0.15, 0.2) is 0 Å². The van der Waals surface area contributed by atoms with Gasteiger partial charge in [0.05, 0.1) is 11.3 Å². The van der Waals surface area contributed by atoms with Crippen molar-refractivity contribution in [1.29, 1.82) is 0 Å². The number of cyclic esters (lactones) is 1. The minimum atomic E-state index is -0.244. The van der Waals surface area contributed by atoms with Gasteiger partial charge >= 0.3 is 5.97 Å². The molecule has 0 fully saturated rings. The van der Waals surface area contributed by atoms with Gasteiger partial charge < -0.3 is 9.64 Å². The number of likely N-dealkylation sites (N-methyl/N-ethyl adjacent to an activating group) is 1. The highest BCUT2D eigenvalue weighted by Gasteiger charge is 2.27. The molecule has 0 unspecified atom stereocenters. The molecule has 0 saturated heterocycles. The van der Waals surface area contributed by atoms with E-state index in [9.17, 15) is 4.79 Å². The number of hydrogen-bond acceptors (Lipinski definition) is 3. The molecule has 0 atom stereocenters. The lowest BCUT2D eigenvalue weighted by Crippen LogP contribution is -2.13. The van der Waals surface area contributed by atoms with Crippen LogP contribution in [-0.2, 0) is 9.53 Å². The molecule has 3 nitrogen and oxygen atoms in total. The van der Waals surface area contributed by atoms with Crippen molar-refractivity contribution in [2.45, 2.75) is 0 Å². The molecule has 1 aliphatic heterocycles.